The molecule has 0 N–H and O–H groups in total. The van der Waals surface area contributed by atoms with E-state index in [9.17, 15) is 0 Å². The Morgan fingerprint density at radius 1 is 1.33 bits per heavy atom. The van der Waals surface area contributed by atoms with Gasteiger partial charge in [0.1, 0.15) is 0 Å². The predicted octanol–water partition coefficient (Wildman–Crippen LogP) is 4.24. The summed E-state index contributed by atoms with van der Waals surface area (Å²) in [6.45, 7) is 2.16. The molecule has 0 aromatic heterocycles. The van der Waals surface area contributed by atoms with Crippen molar-refractivity contribution >= 4 is 15.9 Å². The van der Waals surface area contributed by atoms with Crippen LogP contribution in [0.4, 0.5) is 0 Å². The number of halogens is 1. The largest absolute Gasteiger partial charge is 0.0755 e. The lowest BCUT2D eigenvalue weighted by Crippen LogP contribution is -2.16. The van der Waals surface area contributed by atoms with E-state index >= 15 is 0 Å². The fraction of sp³-hybridized carbons (Fsp3) is 0.286. The minimum Gasteiger partial charge on any atom is -0.0755 e. The highest BCUT2D eigenvalue weighted by molar-refractivity contribution is 9.10. The Kier molecular flexibility index (Phi) is 3.11. The standard InChI is InChI=1S/C14H14Br/c1-2-14(15)10-8-13(9-11-14)12-6-4-3-5-7-12/h3-10,13H,2H2,1H3. The number of hydrogen-bond donors (Lipinski definition) is 0. The van der Waals surface area contributed by atoms with Gasteiger partial charge >= 0.3 is 0 Å². The SMILES string of the molecule is CCC1(Br)[C]=CC(c2ccccc2)C=C1. The third-order valence-electron chi connectivity index (χ3n) is 2.77. The predicted molar refractivity (Wildman–Crippen MR) is 68.1 cm³/mol. The third-order valence-corrected chi connectivity index (χ3v) is 3.82. The van der Waals surface area contributed by atoms with Crippen LogP contribution in [0.25, 0.3) is 0 Å². The van der Waals surface area contributed by atoms with Crippen LogP contribution in [0.15, 0.2) is 48.6 Å². The molecule has 0 saturated carbocycles. The highest BCUT2D eigenvalue weighted by atomic mass is 79.9. The number of hydrogen-bond acceptors (Lipinski definition) is 0. The van der Waals surface area contributed by atoms with Gasteiger partial charge in [0.25, 0.3) is 0 Å². The minimum absolute atomic E-state index is 0.0434. The summed E-state index contributed by atoms with van der Waals surface area (Å²) in [7, 11) is 0. The van der Waals surface area contributed by atoms with Gasteiger partial charge in [-0.05, 0) is 18.1 Å². The third kappa shape index (κ3) is 2.40. The molecule has 1 aliphatic rings. The fourth-order valence-corrected chi connectivity index (χ4v) is 1.98. The monoisotopic (exact) mass is 261 g/mol. The lowest BCUT2D eigenvalue weighted by Gasteiger charge is -2.22. The smallest absolute Gasteiger partial charge is 0.0683 e. The molecular formula is C14H14Br. The van der Waals surface area contributed by atoms with Crippen LogP contribution in [0.1, 0.15) is 24.8 Å². The molecule has 1 radical (unpaired) electrons. The highest BCUT2D eigenvalue weighted by Crippen LogP contribution is 2.33. The molecule has 1 aromatic rings. The van der Waals surface area contributed by atoms with Crippen LogP contribution in [-0.4, -0.2) is 4.32 Å². The maximum Gasteiger partial charge on any atom is 0.0683 e. The number of allylic oxidation sites excluding steroid dienone is 4. The van der Waals surface area contributed by atoms with Gasteiger partial charge in [-0.25, -0.2) is 0 Å². The van der Waals surface area contributed by atoms with Gasteiger partial charge in [0.2, 0.25) is 0 Å². The van der Waals surface area contributed by atoms with Gasteiger partial charge in [0.05, 0.1) is 4.32 Å². The summed E-state index contributed by atoms with van der Waals surface area (Å²) < 4.78 is -0.0434. The first-order valence-electron chi connectivity index (χ1n) is 5.28. The van der Waals surface area contributed by atoms with Crippen LogP contribution in [-0.2, 0) is 0 Å². The molecule has 0 spiro atoms. The molecule has 1 heteroatoms. The van der Waals surface area contributed by atoms with Crippen LogP contribution in [0.5, 0.6) is 0 Å². The van der Waals surface area contributed by atoms with Crippen LogP contribution in [0.2, 0.25) is 0 Å². The van der Waals surface area contributed by atoms with Crippen molar-refractivity contribution in [1.82, 2.24) is 0 Å². The zero-order valence-corrected chi connectivity index (χ0v) is 10.4. The normalized spacial score (nSPS) is 29.3. The van der Waals surface area contributed by atoms with Crippen molar-refractivity contribution in [2.24, 2.45) is 0 Å². The molecule has 0 amide bonds. The van der Waals surface area contributed by atoms with E-state index < -0.39 is 0 Å². The van der Waals surface area contributed by atoms with Gasteiger partial charge in [-0.2, -0.15) is 0 Å². The van der Waals surface area contributed by atoms with Gasteiger partial charge < -0.3 is 0 Å². The first-order chi connectivity index (χ1) is 7.23. The summed E-state index contributed by atoms with van der Waals surface area (Å²) in [5.41, 5.74) is 1.33. The molecule has 2 atom stereocenters. The van der Waals surface area contributed by atoms with Crippen molar-refractivity contribution < 1.29 is 0 Å². The summed E-state index contributed by atoms with van der Waals surface area (Å²) in [5, 5.41) is 0. The maximum atomic E-state index is 3.67. The quantitative estimate of drug-likeness (QED) is 0.552. The average molecular weight is 262 g/mol. The van der Waals surface area contributed by atoms with Crippen molar-refractivity contribution in [3.05, 3.63) is 60.2 Å². The van der Waals surface area contributed by atoms with E-state index in [1.54, 1.807) is 0 Å². The van der Waals surface area contributed by atoms with Crippen molar-refractivity contribution in [3.8, 4) is 0 Å². The Bertz CT molecular complexity index is 362. The molecular weight excluding hydrogens is 248 g/mol. The lowest BCUT2D eigenvalue weighted by molar-refractivity contribution is 0.794. The molecule has 0 saturated heterocycles. The van der Waals surface area contributed by atoms with Crippen LogP contribution >= 0.6 is 15.9 Å². The second-order valence-corrected chi connectivity index (χ2v) is 5.24. The maximum absolute atomic E-state index is 3.67. The highest BCUT2D eigenvalue weighted by Gasteiger charge is 2.22. The van der Waals surface area contributed by atoms with Gasteiger partial charge in [0.15, 0.2) is 0 Å². The summed E-state index contributed by atoms with van der Waals surface area (Å²) >= 11 is 3.67. The summed E-state index contributed by atoms with van der Waals surface area (Å²) in [6.07, 6.45) is 11.0. The van der Waals surface area contributed by atoms with E-state index in [1.165, 1.54) is 5.56 Å². The lowest BCUT2D eigenvalue weighted by atomic mass is 9.90. The van der Waals surface area contributed by atoms with Crippen molar-refractivity contribution in [3.63, 3.8) is 0 Å². The average Bonchev–Trinajstić information content (AvgIpc) is 2.31. The minimum atomic E-state index is -0.0434. The topological polar surface area (TPSA) is 0 Å². The molecule has 2 rings (SSSR count). The Morgan fingerprint density at radius 2 is 2.07 bits per heavy atom. The zero-order chi connectivity index (χ0) is 10.7. The first-order valence-corrected chi connectivity index (χ1v) is 6.07. The van der Waals surface area contributed by atoms with Gasteiger partial charge in [0, 0.05) is 5.92 Å². The van der Waals surface area contributed by atoms with E-state index in [0.717, 1.165) is 6.42 Å². The summed E-state index contributed by atoms with van der Waals surface area (Å²) in [5.74, 6) is 0.378. The van der Waals surface area contributed by atoms with Gasteiger partial charge in [-0.3, -0.25) is 0 Å². The van der Waals surface area contributed by atoms with E-state index in [4.69, 9.17) is 0 Å². The molecule has 0 nitrogen and oxygen atoms in total. The van der Waals surface area contributed by atoms with E-state index in [2.05, 4.69) is 71.4 Å². The van der Waals surface area contributed by atoms with E-state index in [0.29, 0.717) is 5.92 Å². The molecule has 1 aromatic carbocycles. The van der Waals surface area contributed by atoms with Crippen LogP contribution in [0.3, 0.4) is 0 Å². The van der Waals surface area contributed by atoms with Crippen molar-refractivity contribution in [1.29, 1.82) is 0 Å². The molecule has 77 valence electrons. The molecule has 0 fully saturated rings. The van der Waals surface area contributed by atoms with Gasteiger partial charge in [-0.1, -0.05) is 71.4 Å². The van der Waals surface area contributed by atoms with E-state index in [1.807, 2.05) is 6.07 Å². The first kappa shape index (κ1) is 10.7. The molecule has 15 heavy (non-hydrogen) atoms. The number of alkyl halides is 1. The Hall–Kier alpha value is -0.820. The molecule has 0 aliphatic heterocycles. The Morgan fingerprint density at radius 3 is 2.60 bits per heavy atom. The second-order valence-electron chi connectivity index (χ2n) is 3.82. The molecule has 2 unspecified atom stereocenters. The molecule has 0 heterocycles. The van der Waals surface area contributed by atoms with Crippen LogP contribution in [0, 0.1) is 6.08 Å². The second kappa shape index (κ2) is 4.36. The Balaban J connectivity index is 2.18. The van der Waals surface area contributed by atoms with Crippen molar-refractivity contribution in [2.45, 2.75) is 23.6 Å². The molecule has 1 aliphatic carbocycles. The van der Waals surface area contributed by atoms with Crippen LogP contribution < -0.4 is 0 Å². The molecule has 0 bridgehead atoms. The fourth-order valence-electron chi connectivity index (χ4n) is 1.69. The number of benzene rings is 1. The van der Waals surface area contributed by atoms with Gasteiger partial charge in [-0.15, -0.1) is 0 Å². The van der Waals surface area contributed by atoms with Crippen molar-refractivity contribution in [2.75, 3.05) is 0 Å². The summed E-state index contributed by atoms with van der Waals surface area (Å²) in [4.78, 5) is 0. The number of rotatable bonds is 2. The zero-order valence-electron chi connectivity index (χ0n) is 8.78. The van der Waals surface area contributed by atoms with E-state index in [-0.39, 0.29) is 4.32 Å². The summed E-state index contributed by atoms with van der Waals surface area (Å²) in [6, 6.07) is 10.5. The Labute approximate surface area is 99.8 Å².